The molecule has 19 nitrogen and oxygen atoms in total. The van der Waals surface area contributed by atoms with E-state index < -0.39 is 124 Å². The minimum absolute atomic E-state index is 0.225. The maximum atomic E-state index is 13.4. The Morgan fingerprint density at radius 1 is 0.394 bits per heavy atom. The molecule has 19 heteroatoms. The number of carbonyl (C=O) groups excluding carboxylic acids is 1. The standard InChI is InChI=1S/C75H125NO18/c1-3-5-7-9-11-13-15-17-18-19-20-21-22-23-24-25-26-27-28-29-30-31-32-33-34-35-36-37-38-39-40-41-43-45-47-49-51-53-63(81)76-58(59(80)52-50-48-46-44-42-16-14-12-10-8-6-4-2)57-89-73-69(87)66(84)71(61(55-78)91-73)94-75-70(88)67(85)72(62(56-79)92-75)93-74-68(86)65(83)64(82)60(54-77)90-74/h5,7,10-13,17-18,20-21,23-24,26-27,29-30,42,44,50,52,58-62,64-75,77-80,82-88H,3-4,6,8-9,14-16,19,22,25,28,31-41,43,45-49,51,53-57H2,1-2H3,(H,76,81)/b7-5-,12-10+,13-11-,18-17-,21-20-,24-23-,27-26-,30-29-,44-42+,52-50+. The van der Waals surface area contributed by atoms with Gasteiger partial charge in [0.2, 0.25) is 5.91 Å². The Balaban J connectivity index is 1.33. The monoisotopic (exact) mass is 1330 g/mol. The Kier molecular flexibility index (Phi) is 49.5. The van der Waals surface area contributed by atoms with Gasteiger partial charge >= 0.3 is 0 Å². The minimum atomic E-state index is -1.99. The third kappa shape index (κ3) is 36.1. The molecular formula is C75H125NO18. The fourth-order valence-electron chi connectivity index (χ4n) is 11.2. The highest BCUT2D eigenvalue weighted by molar-refractivity contribution is 5.76. The van der Waals surface area contributed by atoms with Gasteiger partial charge in [0.25, 0.3) is 0 Å². The first-order valence-corrected chi connectivity index (χ1v) is 35.8. The van der Waals surface area contributed by atoms with Gasteiger partial charge in [0.1, 0.15) is 73.2 Å². The molecule has 94 heavy (non-hydrogen) atoms. The SMILES string of the molecule is CC/C=C\C/C=C\C/C=C\C/C=C\C/C=C\C/C=C\C/C=C\CCCCCCCCCCCCCCCCCC(=O)NC(COC1OC(CO)C(OC2OC(CO)C(OC3OC(CO)C(O)C(O)C3O)C(O)C2O)C(O)C1O)C(O)/C=C/CC/C=C/CC/C=C/CCCC. The Hall–Kier alpha value is -3.81. The smallest absolute Gasteiger partial charge is 0.220 e. The second kappa shape index (κ2) is 55.1. The molecule has 3 rings (SSSR count). The Morgan fingerprint density at radius 2 is 0.745 bits per heavy atom. The van der Waals surface area contributed by atoms with Gasteiger partial charge in [0.05, 0.1) is 38.6 Å². The molecule has 12 N–H and O–H groups in total. The third-order valence-corrected chi connectivity index (χ3v) is 17.0. The van der Waals surface area contributed by atoms with E-state index in [0.29, 0.717) is 12.8 Å². The number of hydrogen-bond acceptors (Lipinski definition) is 18. The number of carbonyl (C=O) groups is 1. The molecule has 3 aliphatic rings. The van der Waals surface area contributed by atoms with E-state index in [1.807, 2.05) is 6.08 Å². The summed E-state index contributed by atoms with van der Waals surface area (Å²) >= 11 is 0. The van der Waals surface area contributed by atoms with E-state index in [1.54, 1.807) is 6.08 Å². The van der Waals surface area contributed by atoms with Crippen molar-refractivity contribution in [3.8, 4) is 0 Å². The lowest BCUT2D eigenvalue weighted by atomic mass is 9.96. The fraction of sp³-hybridized carbons (Fsp3) is 0.720. The van der Waals surface area contributed by atoms with Crippen LogP contribution in [-0.4, -0.2) is 193 Å². The van der Waals surface area contributed by atoms with Crippen molar-refractivity contribution in [2.75, 3.05) is 26.4 Å². The summed E-state index contributed by atoms with van der Waals surface area (Å²) in [6.07, 6.45) is 49.2. The van der Waals surface area contributed by atoms with Gasteiger partial charge < -0.3 is 89.9 Å². The molecule has 0 aliphatic carbocycles. The summed E-state index contributed by atoms with van der Waals surface area (Å²) in [7, 11) is 0. The number of allylic oxidation sites excluding steroid dienone is 19. The average Bonchev–Trinajstić information content (AvgIpc) is 0.794. The lowest BCUT2D eigenvalue weighted by Gasteiger charge is -2.48. The van der Waals surface area contributed by atoms with Crippen LogP contribution in [0.3, 0.4) is 0 Å². The molecule has 0 aromatic carbocycles. The molecule has 0 bridgehead atoms. The molecule has 17 atom stereocenters. The topological polar surface area (TPSA) is 307 Å². The van der Waals surface area contributed by atoms with Crippen molar-refractivity contribution in [1.82, 2.24) is 5.32 Å². The number of nitrogens with one attached hydrogen (secondary N) is 1. The summed E-state index contributed by atoms with van der Waals surface area (Å²) in [6, 6.07) is -1.00. The molecule has 17 unspecified atom stereocenters. The molecule has 0 aromatic rings. The molecule has 538 valence electrons. The van der Waals surface area contributed by atoms with Crippen LogP contribution in [0.25, 0.3) is 0 Å². The minimum Gasteiger partial charge on any atom is -0.394 e. The van der Waals surface area contributed by atoms with Crippen molar-refractivity contribution < 1.29 is 89.4 Å². The highest BCUT2D eigenvalue weighted by atomic mass is 16.8. The van der Waals surface area contributed by atoms with Crippen LogP contribution in [-0.2, 0) is 33.2 Å². The summed E-state index contributed by atoms with van der Waals surface area (Å²) in [4.78, 5) is 13.4. The van der Waals surface area contributed by atoms with Crippen molar-refractivity contribution in [3.63, 3.8) is 0 Å². The molecule has 0 radical (unpaired) electrons. The first kappa shape index (κ1) is 84.4. The number of rotatable bonds is 53. The van der Waals surface area contributed by atoms with Gasteiger partial charge in [-0.1, -0.05) is 232 Å². The second-order valence-corrected chi connectivity index (χ2v) is 24.9. The summed E-state index contributed by atoms with van der Waals surface area (Å²) in [5.74, 6) is -0.296. The number of unbranched alkanes of at least 4 members (excludes halogenated alkanes) is 19. The number of aliphatic hydroxyl groups is 11. The molecular weight excluding hydrogens is 1200 g/mol. The van der Waals surface area contributed by atoms with E-state index in [1.165, 1.54) is 77.0 Å². The zero-order chi connectivity index (χ0) is 68.2. The van der Waals surface area contributed by atoms with Gasteiger partial charge in [-0.05, 0) is 96.3 Å². The molecule has 0 spiro atoms. The van der Waals surface area contributed by atoms with Gasteiger partial charge in [-0.3, -0.25) is 4.79 Å². The first-order valence-electron chi connectivity index (χ1n) is 35.8. The Labute approximate surface area is 563 Å². The van der Waals surface area contributed by atoms with E-state index in [-0.39, 0.29) is 18.9 Å². The van der Waals surface area contributed by atoms with Crippen LogP contribution >= 0.6 is 0 Å². The van der Waals surface area contributed by atoms with E-state index in [0.717, 1.165) is 103 Å². The second-order valence-electron chi connectivity index (χ2n) is 24.9. The lowest BCUT2D eigenvalue weighted by molar-refractivity contribution is -0.379. The van der Waals surface area contributed by atoms with E-state index >= 15 is 0 Å². The van der Waals surface area contributed by atoms with Crippen LogP contribution in [0, 0.1) is 0 Å². The van der Waals surface area contributed by atoms with Gasteiger partial charge in [-0.15, -0.1) is 0 Å². The number of amides is 1. The highest BCUT2D eigenvalue weighted by Gasteiger charge is 2.53. The zero-order valence-electron chi connectivity index (χ0n) is 56.9. The first-order chi connectivity index (χ1) is 45.8. The largest absolute Gasteiger partial charge is 0.394 e. The quantitative estimate of drug-likeness (QED) is 0.0199. The number of aliphatic hydroxyl groups excluding tert-OH is 11. The van der Waals surface area contributed by atoms with Gasteiger partial charge in [-0.25, -0.2) is 0 Å². The van der Waals surface area contributed by atoms with Crippen molar-refractivity contribution >= 4 is 5.91 Å². The predicted molar refractivity (Wildman–Crippen MR) is 369 cm³/mol. The molecule has 1 amide bonds. The van der Waals surface area contributed by atoms with Crippen molar-refractivity contribution in [2.24, 2.45) is 0 Å². The average molecular weight is 1330 g/mol. The Morgan fingerprint density at radius 3 is 1.19 bits per heavy atom. The van der Waals surface area contributed by atoms with E-state index in [2.05, 4.69) is 129 Å². The van der Waals surface area contributed by atoms with Crippen molar-refractivity contribution in [3.05, 3.63) is 122 Å². The van der Waals surface area contributed by atoms with Crippen molar-refractivity contribution in [1.29, 1.82) is 0 Å². The molecule has 0 saturated carbocycles. The summed E-state index contributed by atoms with van der Waals surface area (Å²) < 4.78 is 34.3. The van der Waals surface area contributed by atoms with Crippen molar-refractivity contribution in [2.45, 2.75) is 317 Å². The van der Waals surface area contributed by atoms with Gasteiger partial charge in [0.15, 0.2) is 18.9 Å². The number of hydrogen-bond donors (Lipinski definition) is 12. The maximum Gasteiger partial charge on any atom is 0.220 e. The van der Waals surface area contributed by atoms with Crippen LogP contribution in [0.5, 0.6) is 0 Å². The van der Waals surface area contributed by atoms with Crippen LogP contribution in [0.2, 0.25) is 0 Å². The maximum absolute atomic E-state index is 13.4. The summed E-state index contributed by atoms with van der Waals surface area (Å²) in [5.41, 5.74) is 0. The molecule has 0 aromatic heterocycles. The summed E-state index contributed by atoms with van der Waals surface area (Å²) in [5, 5.41) is 120. The fourth-order valence-corrected chi connectivity index (χ4v) is 11.2. The Bertz CT molecular complexity index is 2180. The van der Waals surface area contributed by atoms with Crippen LogP contribution in [0.1, 0.15) is 213 Å². The lowest BCUT2D eigenvalue weighted by Crippen LogP contribution is -2.66. The van der Waals surface area contributed by atoms with E-state index in [4.69, 9.17) is 28.4 Å². The number of ether oxygens (including phenoxy) is 6. The zero-order valence-corrected chi connectivity index (χ0v) is 56.9. The highest BCUT2D eigenvalue weighted by Crippen LogP contribution is 2.33. The third-order valence-electron chi connectivity index (χ3n) is 17.0. The van der Waals surface area contributed by atoms with Gasteiger partial charge in [0, 0.05) is 6.42 Å². The summed E-state index contributed by atoms with van der Waals surface area (Å²) in [6.45, 7) is 1.51. The van der Waals surface area contributed by atoms with Crippen LogP contribution in [0.4, 0.5) is 0 Å². The normalized spacial score (nSPS) is 28.1. The van der Waals surface area contributed by atoms with Crippen LogP contribution < -0.4 is 5.32 Å². The molecule has 3 heterocycles. The predicted octanol–water partition coefficient (Wildman–Crippen LogP) is 9.99. The molecule has 3 saturated heterocycles. The molecule has 3 fully saturated rings. The van der Waals surface area contributed by atoms with Gasteiger partial charge in [-0.2, -0.15) is 0 Å². The molecule has 3 aliphatic heterocycles. The van der Waals surface area contributed by atoms with Crippen LogP contribution in [0.15, 0.2) is 122 Å². The van der Waals surface area contributed by atoms with E-state index in [9.17, 15) is 61.0 Å².